The number of para-hydroxylation sites is 1. The second-order valence-corrected chi connectivity index (χ2v) is 11.1. The zero-order valence-corrected chi connectivity index (χ0v) is 23.3. The van der Waals surface area contributed by atoms with Crippen molar-refractivity contribution >= 4 is 22.1 Å². The minimum absolute atomic E-state index is 0.671. The Bertz CT molecular complexity index is 2340. The van der Waals surface area contributed by atoms with Crippen molar-refractivity contribution in [3.8, 4) is 66.8 Å². The highest BCUT2D eigenvalue weighted by Gasteiger charge is 2.23. The fourth-order valence-electron chi connectivity index (χ4n) is 6.84. The number of pyridine rings is 1. The summed E-state index contributed by atoms with van der Waals surface area (Å²) < 4.78 is 6.24. The second-order valence-electron chi connectivity index (χ2n) is 11.1. The summed E-state index contributed by atoms with van der Waals surface area (Å²) in [5.74, 6) is 0. The van der Waals surface area contributed by atoms with Gasteiger partial charge in [-0.3, -0.25) is 0 Å². The molecule has 200 valence electrons. The van der Waals surface area contributed by atoms with E-state index in [1.54, 1.807) is 6.20 Å². The van der Waals surface area contributed by atoms with Crippen LogP contribution in [0.1, 0.15) is 0 Å². The average Bonchev–Trinajstić information content (AvgIpc) is 3.47. The van der Waals surface area contributed by atoms with E-state index in [1.165, 1.54) is 55.6 Å². The molecule has 2 heteroatoms. The Morgan fingerprint density at radius 3 is 1.49 bits per heavy atom. The number of hydrogen-bond acceptors (Lipinski definition) is 2. The lowest BCUT2D eigenvalue weighted by atomic mass is 9.78. The van der Waals surface area contributed by atoms with Gasteiger partial charge in [-0.25, -0.2) is 4.98 Å². The monoisotopic (exact) mass is 547 g/mol. The number of nitrogens with zero attached hydrogens (tertiary/aromatic N) is 1. The van der Waals surface area contributed by atoms with Crippen LogP contribution in [0, 0.1) is 0 Å². The highest BCUT2D eigenvalue weighted by Crippen LogP contribution is 2.50. The Morgan fingerprint density at radius 1 is 0.349 bits per heavy atom. The zero-order valence-electron chi connectivity index (χ0n) is 23.3. The molecule has 0 fully saturated rings. The van der Waals surface area contributed by atoms with Crippen LogP contribution in [0.5, 0.6) is 0 Å². The van der Waals surface area contributed by atoms with Crippen molar-refractivity contribution < 1.29 is 4.42 Å². The summed E-state index contributed by atoms with van der Waals surface area (Å²) in [5.41, 5.74) is 16.2. The lowest BCUT2D eigenvalue weighted by Crippen LogP contribution is -1.98. The maximum atomic E-state index is 6.24. The standard InChI is InChI=1S/C41H25NO/c1-2-11-31-30(10-1)32-12-3-4-13-34(32)36-18-7-16-28(39(36)35-15-6-5-14-33(31)35)26-21-23-27(24-22-26)29-17-8-19-37-38-20-9-25-42-41(38)43-40(29)37/h1-25H. The summed E-state index contributed by atoms with van der Waals surface area (Å²) in [6.45, 7) is 0. The van der Waals surface area contributed by atoms with E-state index in [0.29, 0.717) is 5.71 Å². The number of rotatable bonds is 2. The molecule has 0 spiro atoms. The van der Waals surface area contributed by atoms with E-state index < -0.39 is 0 Å². The molecule has 0 N–H and O–H groups in total. The van der Waals surface area contributed by atoms with Gasteiger partial charge in [-0.1, -0.05) is 133 Å². The summed E-state index contributed by atoms with van der Waals surface area (Å²) in [4.78, 5) is 4.44. The Labute approximate surface area is 249 Å². The van der Waals surface area contributed by atoms with Crippen LogP contribution in [0.4, 0.5) is 0 Å². The quantitative estimate of drug-likeness (QED) is 0.215. The first-order valence-electron chi connectivity index (χ1n) is 14.6. The van der Waals surface area contributed by atoms with Crippen molar-refractivity contribution in [3.63, 3.8) is 0 Å². The van der Waals surface area contributed by atoms with Gasteiger partial charge in [0.15, 0.2) is 0 Å². The first-order valence-corrected chi connectivity index (χ1v) is 14.6. The van der Waals surface area contributed by atoms with Gasteiger partial charge in [0.1, 0.15) is 5.58 Å². The topological polar surface area (TPSA) is 26.0 Å². The Kier molecular flexibility index (Phi) is 5.23. The number of furan rings is 1. The van der Waals surface area contributed by atoms with Crippen LogP contribution in [-0.2, 0) is 0 Å². The molecule has 9 rings (SSSR count). The molecule has 0 amide bonds. The molecule has 0 saturated heterocycles. The van der Waals surface area contributed by atoms with Crippen molar-refractivity contribution in [2.75, 3.05) is 0 Å². The summed E-state index contributed by atoms with van der Waals surface area (Å²) >= 11 is 0. The minimum atomic E-state index is 0.671. The van der Waals surface area contributed by atoms with Crippen LogP contribution >= 0.6 is 0 Å². The maximum Gasteiger partial charge on any atom is 0.227 e. The number of hydrogen-bond donors (Lipinski definition) is 0. The van der Waals surface area contributed by atoms with Gasteiger partial charge in [0.25, 0.3) is 0 Å². The van der Waals surface area contributed by atoms with Gasteiger partial charge < -0.3 is 4.42 Å². The van der Waals surface area contributed by atoms with Gasteiger partial charge in [0.2, 0.25) is 5.71 Å². The molecular weight excluding hydrogens is 522 g/mol. The van der Waals surface area contributed by atoms with Crippen LogP contribution in [-0.4, -0.2) is 4.98 Å². The SMILES string of the molecule is c1ccc2c(c1)-c1ccccc1-c1cccc(-c3ccc(-c4cccc5c4oc4ncccc45)cc3)c1-c1ccccc1-2. The Morgan fingerprint density at radius 2 is 0.814 bits per heavy atom. The van der Waals surface area contributed by atoms with E-state index >= 15 is 0 Å². The summed E-state index contributed by atoms with van der Waals surface area (Å²) in [6, 6.07) is 52.4. The fourth-order valence-corrected chi connectivity index (χ4v) is 6.84. The average molecular weight is 548 g/mol. The molecule has 0 atom stereocenters. The molecule has 0 radical (unpaired) electrons. The molecule has 1 aliphatic rings. The molecule has 43 heavy (non-hydrogen) atoms. The molecule has 2 heterocycles. The van der Waals surface area contributed by atoms with Crippen LogP contribution < -0.4 is 0 Å². The molecule has 2 aromatic heterocycles. The third kappa shape index (κ3) is 3.63. The summed E-state index contributed by atoms with van der Waals surface area (Å²) in [7, 11) is 0. The normalized spacial score (nSPS) is 11.7. The van der Waals surface area contributed by atoms with E-state index in [2.05, 4.69) is 145 Å². The molecule has 8 aromatic rings. The van der Waals surface area contributed by atoms with Crippen LogP contribution in [0.3, 0.4) is 0 Å². The zero-order chi connectivity index (χ0) is 28.3. The first-order chi connectivity index (χ1) is 21.3. The smallest absolute Gasteiger partial charge is 0.227 e. The lowest BCUT2D eigenvalue weighted by molar-refractivity contribution is 0.655. The van der Waals surface area contributed by atoms with E-state index in [9.17, 15) is 0 Å². The van der Waals surface area contributed by atoms with Gasteiger partial charge in [0, 0.05) is 22.5 Å². The Hall–Kier alpha value is -5.73. The molecule has 1 aliphatic carbocycles. The molecule has 0 aliphatic heterocycles. The third-order valence-electron chi connectivity index (χ3n) is 8.77. The van der Waals surface area contributed by atoms with Crippen molar-refractivity contribution in [3.05, 3.63) is 152 Å². The predicted octanol–water partition coefficient (Wildman–Crippen LogP) is 11.3. The van der Waals surface area contributed by atoms with Crippen LogP contribution in [0.2, 0.25) is 0 Å². The van der Waals surface area contributed by atoms with E-state index in [0.717, 1.165) is 27.5 Å². The summed E-state index contributed by atoms with van der Waals surface area (Å²) in [6.07, 6.45) is 1.78. The molecule has 0 saturated carbocycles. The highest BCUT2D eigenvalue weighted by atomic mass is 16.3. The maximum absolute atomic E-state index is 6.24. The summed E-state index contributed by atoms with van der Waals surface area (Å²) in [5, 5.41) is 2.13. The lowest BCUT2D eigenvalue weighted by Gasteiger charge is -2.25. The largest absolute Gasteiger partial charge is 0.437 e. The van der Waals surface area contributed by atoms with Crippen LogP contribution in [0.25, 0.3) is 88.8 Å². The van der Waals surface area contributed by atoms with Gasteiger partial charge in [-0.15, -0.1) is 0 Å². The van der Waals surface area contributed by atoms with Gasteiger partial charge in [-0.05, 0) is 73.3 Å². The van der Waals surface area contributed by atoms with E-state index in [4.69, 9.17) is 4.42 Å². The van der Waals surface area contributed by atoms with Crippen molar-refractivity contribution in [2.45, 2.75) is 0 Å². The van der Waals surface area contributed by atoms with Gasteiger partial charge in [-0.2, -0.15) is 0 Å². The Balaban J connectivity index is 1.25. The number of fused-ring (bicyclic) bond motifs is 11. The van der Waals surface area contributed by atoms with Gasteiger partial charge in [0.05, 0.1) is 0 Å². The fraction of sp³-hybridized carbons (Fsp3) is 0. The van der Waals surface area contributed by atoms with Crippen molar-refractivity contribution in [1.82, 2.24) is 4.98 Å². The molecule has 0 unspecified atom stereocenters. The predicted molar refractivity (Wildman–Crippen MR) is 178 cm³/mol. The third-order valence-corrected chi connectivity index (χ3v) is 8.77. The molecular formula is C41H25NO. The number of aromatic nitrogens is 1. The van der Waals surface area contributed by atoms with Crippen molar-refractivity contribution in [2.24, 2.45) is 0 Å². The molecule has 0 bridgehead atoms. The number of benzene rings is 6. The second kappa shape index (κ2) is 9.40. The molecule has 6 aromatic carbocycles. The minimum Gasteiger partial charge on any atom is -0.437 e. The van der Waals surface area contributed by atoms with E-state index in [1.807, 2.05) is 6.07 Å². The van der Waals surface area contributed by atoms with E-state index in [-0.39, 0.29) is 0 Å². The first kappa shape index (κ1) is 23.9. The van der Waals surface area contributed by atoms with Gasteiger partial charge >= 0.3 is 0 Å². The highest BCUT2D eigenvalue weighted by molar-refractivity contribution is 6.09. The molecule has 2 nitrogen and oxygen atoms in total. The van der Waals surface area contributed by atoms with Crippen LogP contribution in [0.15, 0.2) is 156 Å². The van der Waals surface area contributed by atoms with Crippen molar-refractivity contribution in [1.29, 1.82) is 0 Å².